The quantitative estimate of drug-likeness (QED) is 0.568. The van der Waals surface area contributed by atoms with Gasteiger partial charge in [0, 0.05) is 12.1 Å². The zero-order valence-electron chi connectivity index (χ0n) is 15.6. The third-order valence-corrected chi connectivity index (χ3v) is 7.06. The summed E-state index contributed by atoms with van der Waals surface area (Å²) in [5.41, 5.74) is 2.43. The van der Waals surface area contributed by atoms with Gasteiger partial charge < -0.3 is 5.32 Å². The van der Waals surface area contributed by atoms with E-state index in [1.54, 1.807) is 12.1 Å². The lowest BCUT2D eigenvalue weighted by atomic mass is 10.2. The van der Waals surface area contributed by atoms with Crippen molar-refractivity contribution in [3.05, 3.63) is 76.8 Å². The lowest BCUT2D eigenvalue weighted by molar-refractivity contribution is 0.0957. The normalized spacial score (nSPS) is 11.3. The summed E-state index contributed by atoms with van der Waals surface area (Å²) in [4.78, 5) is 17.5. The minimum atomic E-state index is -3.20. The van der Waals surface area contributed by atoms with E-state index in [4.69, 9.17) is 0 Å². The van der Waals surface area contributed by atoms with Gasteiger partial charge in [-0.1, -0.05) is 60.7 Å². The fourth-order valence-electron chi connectivity index (χ4n) is 2.79. The van der Waals surface area contributed by atoms with Crippen molar-refractivity contribution in [1.82, 2.24) is 10.3 Å². The summed E-state index contributed by atoms with van der Waals surface area (Å²) in [7, 11) is -3.20. The molecule has 5 nitrogen and oxygen atoms in total. The fraction of sp³-hybridized carbons (Fsp3) is 0.238. The van der Waals surface area contributed by atoms with Crippen LogP contribution in [-0.2, 0) is 15.6 Å². The molecule has 146 valence electrons. The number of sulfone groups is 1. The first kappa shape index (κ1) is 20.2. The highest BCUT2D eigenvalue weighted by Gasteiger charge is 2.16. The Morgan fingerprint density at radius 3 is 2.36 bits per heavy atom. The first-order chi connectivity index (χ1) is 13.4. The monoisotopic (exact) mass is 414 g/mol. The number of hydrogen-bond donors (Lipinski definition) is 1. The predicted molar refractivity (Wildman–Crippen MR) is 113 cm³/mol. The number of carbonyl (C=O) groups excluding carboxylic acids is 1. The molecule has 0 saturated carbocycles. The average molecular weight is 415 g/mol. The molecule has 1 N–H and O–H groups in total. The average Bonchev–Trinajstić information content (AvgIpc) is 3.08. The molecule has 0 radical (unpaired) electrons. The van der Waals surface area contributed by atoms with Gasteiger partial charge in [0.05, 0.1) is 17.2 Å². The van der Waals surface area contributed by atoms with E-state index < -0.39 is 9.84 Å². The molecular formula is C21H22N2O3S2. The van der Waals surface area contributed by atoms with E-state index in [1.807, 2.05) is 55.5 Å². The van der Waals surface area contributed by atoms with Gasteiger partial charge >= 0.3 is 0 Å². The zero-order valence-corrected chi connectivity index (χ0v) is 17.2. The van der Waals surface area contributed by atoms with Gasteiger partial charge in [-0.3, -0.25) is 4.79 Å². The Morgan fingerprint density at radius 1 is 1.04 bits per heavy atom. The van der Waals surface area contributed by atoms with E-state index in [0.29, 0.717) is 23.5 Å². The maximum Gasteiger partial charge on any atom is 0.263 e. The molecule has 0 bridgehead atoms. The Morgan fingerprint density at radius 2 is 1.68 bits per heavy atom. The third kappa shape index (κ3) is 5.50. The Balaban J connectivity index is 1.51. The van der Waals surface area contributed by atoms with E-state index in [0.717, 1.165) is 16.1 Å². The molecule has 0 fully saturated rings. The summed E-state index contributed by atoms with van der Waals surface area (Å²) >= 11 is 1.34. The highest BCUT2D eigenvalue weighted by molar-refractivity contribution is 7.90. The van der Waals surface area contributed by atoms with E-state index in [1.165, 1.54) is 11.3 Å². The Bertz CT molecular complexity index is 1030. The van der Waals surface area contributed by atoms with E-state index >= 15 is 0 Å². The third-order valence-electron chi connectivity index (χ3n) is 4.17. The summed E-state index contributed by atoms with van der Waals surface area (Å²) in [6, 6.07) is 18.8. The van der Waals surface area contributed by atoms with E-state index in [-0.39, 0.29) is 17.4 Å². The molecule has 3 aromatic rings. The maximum atomic E-state index is 12.4. The molecule has 0 aliphatic rings. The highest BCUT2D eigenvalue weighted by Crippen LogP contribution is 2.27. The van der Waals surface area contributed by atoms with Crippen molar-refractivity contribution >= 4 is 27.1 Å². The molecule has 1 heterocycles. The second-order valence-corrected chi connectivity index (χ2v) is 9.67. The van der Waals surface area contributed by atoms with Crippen LogP contribution < -0.4 is 5.32 Å². The van der Waals surface area contributed by atoms with Crippen molar-refractivity contribution < 1.29 is 13.2 Å². The number of aryl methyl sites for hydroxylation is 1. The zero-order chi connectivity index (χ0) is 20.0. The van der Waals surface area contributed by atoms with Crippen LogP contribution in [0, 0.1) is 6.92 Å². The smallest absolute Gasteiger partial charge is 0.263 e. The van der Waals surface area contributed by atoms with Crippen LogP contribution in [0.4, 0.5) is 0 Å². The lowest BCUT2D eigenvalue weighted by Gasteiger charge is -2.06. The number of benzene rings is 2. The van der Waals surface area contributed by atoms with Crippen molar-refractivity contribution in [2.75, 3.05) is 12.3 Å². The summed E-state index contributed by atoms with van der Waals surface area (Å²) < 4.78 is 24.4. The summed E-state index contributed by atoms with van der Waals surface area (Å²) in [6.45, 7) is 2.12. The minimum Gasteiger partial charge on any atom is -0.351 e. The van der Waals surface area contributed by atoms with Crippen molar-refractivity contribution in [2.45, 2.75) is 19.1 Å². The second kappa shape index (κ2) is 9.12. The first-order valence-corrected chi connectivity index (χ1v) is 11.6. The topological polar surface area (TPSA) is 76.1 Å². The largest absolute Gasteiger partial charge is 0.351 e. The van der Waals surface area contributed by atoms with Crippen molar-refractivity contribution in [1.29, 1.82) is 0 Å². The summed E-state index contributed by atoms with van der Waals surface area (Å²) in [5.74, 6) is -0.146. The molecule has 0 atom stereocenters. The SMILES string of the molecule is Cc1nc(-c2ccccc2)sc1C(=O)NCCCS(=O)(=O)Cc1ccccc1. The molecule has 1 amide bonds. The number of amides is 1. The van der Waals surface area contributed by atoms with Crippen LogP contribution in [0.2, 0.25) is 0 Å². The number of rotatable bonds is 8. The molecule has 1 aromatic heterocycles. The molecule has 0 spiro atoms. The number of nitrogens with zero attached hydrogens (tertiary/aromatic N) is 1. The van der Waals surface area contributed by atoms with Crippen LogP contribution in [0.1, 0.15) is 27.3 Å². The van der Waals surface area contributed by atoms with Gasteiger partial charge in [-0.15, -0.1) is 11.3 Å². The second-order valence-electron chi connectivity index (χ2n) is 6.49. The molecule has 0 saturated heterocycles. The number of thiazole rings is 1. The van der Waals surface area contributed by atoms with Crippen molar-refractivity contribution in [3.8, 4) is 10.6 Å². The lowest BCUT2D eigenvalue weighted by Crippen LogP contribution is -2.26. The van der Waals surface area contributed by atoms with Crippen LogP contribution in [0.5, 0.6) is 0 Å². The predicted octanol–water partition coefficient (Wildman–Crippen LogP) is 3.85. The first-order valence-electron chi connectivity index (χ1n) is 9.00. The van der Waals surface area contributed by atoms with Gasteiger partial charge in [0.1, 0.15) is 9.88 Å². The van der Waals surface area contributed by atoms with Gasteiger partial charge in [0.15, 0.2) is 9.84 Å². The minimum absolute atomic E-state index is 0.0240. The van der Waals surface area contributed by atoms with Crippen molar-refractivity contribution in [3.63, 3.8) is 0 Å². The molecule has 28 heavy (non-hydrogen) atoms. The van der Waals surface area contributed by atoms with Gasteiger partial charge in [0.25, 0.3) is 5.91 Å². The fourth-order valence-corrected chi connectivity index (χ4v) is 5.20. The highest BCUT2D eigenvalue weighted by atomic mass is 32.2. The standard InChI is InChI=1S/C21H22N2O3S2/c1-16-19(27-21(23-16)18-11-6-3-7-12-18)20(24)22-13-8-14-28(25,26)15-17-9-4-2-5-10-17/h2-7,9-12H,8,13-15H2,1H3,(H,22,24). The summed E-state index contributed by atoms with van der Waals surface area (Å²) in [5, 5.41) is 3.61. The molecule has 0 aliphatic carbocycles. The Kier molecular flexibility index (Phi) is 6.59. The maximum absolute atomic E-state index is 12.4. The van der Waals surface area contributed by atoms with E-state index in [9.17, 15) is 13.2 Å². The van der Waals surface area contributed by atoms with Crippen LogP contribution in [0.25, 0.3) is 10.6 Å². The Hall–Kier alpha value is -2.51. The molecule has 2 aromatic carbocycles. The number of nitrogens with one attached hydrogen (secondary N) is 1. The molecule has 3 rings (SSSR count). The van der Waals surface area contributed by atoms with E-state index in [2.05, 4.69) is 10.3 Å². The van der Waals surface area contributed by atoms with Crippen LogP contribution >= 0.6 is 11.3 Å². The number of hydrogen-bond acceptors (Lipinski definition) is 5. The molecular weight excluding hydrogens is 392 g/mol. The van der Waals surface area contributed by atoms with Crippen LogP contribution in [0.3, 0.4) is 0 Å². The van der Waals surface area contributed by atoms with Gasteiger partial charge in [0.2, 0.25) is 0 Å². The van der Waals surface area contributed by atoms with Gasteiger partial charge in [-0.2, -0.15) is 0 Å². The summed E-state index contributed by atoms with van der Waals surface area (Å²) in [6.07, 6.45) is 0.379. The molecule has 0 unspecified atom stereocenters. The van der Waals surface area contributed by atoms with Crippen LogP contribution in [0.15, 0.2) is 60.7 Å². The van der Waals surface area contributed by atoms with Crippen molar-refractivity contribution in [2.24, 2.45) is 0 Å². The number of carbonyl (C=O) groups is 1. The van der Waals surface area contributed by atoms with Gasteiger partial charge in [-0.25, -0.2) is 13.4 Å². The molecule has 0 aliphatic heterocycles. The molecule has 7 heteroatoms. The number of aromatic nitrogens is 1. The Labute approximate surface area is 169 Å². The van der Waals surface area contributed by atoms with Crippen LogP contribution in [-0.4, -0.2) is 31.6 Å². The van der Waals surface area contributed by atoms with Gasteiger partial charge in [-0.05, 0) is 18.9 Å².